The number of likely N-dealkylation sites (N-methyl/N-ethyl adjacent to an activating group) is 1. The molecule has 256 valence electrons. The van der Waals surface area contributed by atoms with Crippen molar-refractivity contribution in [1.82, 2.24) is 10.2 Å². The molecule has 3 aromatic rings. The second kappa shape index (κ2) is 13.9. The number of benzene rings is 3. The summed E-state index contributed by atoms with van der Waals surface area (Å²) in [6.07, 6.45) is 5.53. The summed E-state index contributed by atoms with van der Waals surface area (Å²) >= 11 is 0. The first-order valence-corrected chi connectivity index (χ1v) is 17.8. The largest absolute Gasteiger partial charge is 0.392 e. The van der Waals surface area contributed by atoms with E-state index in [0.29, 0.717) is 12.2 Å². The summed E-state index contributed by atoms with van der Waals surface area (Å²) in [7, 11) is 2.02. The minimum absolute atomic E-state index is 0.00268. The van der Waals surface area contributed by atoms with E-state index in [-0.39, 0.29) is 42.3 Å². The lowest BCUT2D eigenvalue weighted by Gasteiger charge is -2.56. The van der Waals surface area contributed by atoms with E-state index >= 15 is 0 Å². The van der Waals surface area contributed by atoms with Crippen molar-refractivity contribution in [3.05, 3.63) is 101 Å². The Morgan fingerprint density at radius 3 is 2.23 bits per heavy atom. The van der Waals surface area contributed by atoms with Crippen LogP contribution in [0, 0.1) is 23.7 Å². The zero-order valence-electron chi connectivity index (χ0n) is 28.4. The molecule has 8 rings (SSSR count). The molecule has 0 spiro atoms. The normalized spacial score (nSPS) is 32.2. The fourth-order valence-electron chi connectivity index (χ4n) is 9.38. The maximum Gasteiger partial charge on any atom is 0.319 e. The summed E-state index contributed by atoms with van der Waals surface area (Å²) in [5.74, 6) is 2.27. The number of rotatable bonds is 10. The number of nitrogens with zero attached hydrogens (tertiary/aromatic N) is 1. The molecule has 6 atom stereocenters. The smallest absolute Gasteiger partial charge is 0.319 e. The SMILES string of the molecule is C[C@H]1[C@@H](CN(C)[C@@H](C)[C@H](O)c2ccccc2)O[C@@H](c2cccc(NC(=O)NC34CC5CC(CC(C5)C3)C4)c2)O[C@H]1c1ccc(CO)cc1. The van der Waals surface area contributed by atoms with Gasteiger partial charge in [-0.15, -0.1) is 0 Å². The average Bonchev–Trinajstić information content (AvgIpc) is 3.08. The lowest BCUT2D eigenvalue weighted by atomic mass is 9.53. The molecule has 1 saturated heterocycles. The highest BCUT2D eigenvalue weighted by Gasteiger charge is 2.51. The average molecular weight is 654 g/mol. The molecular formula is C40H51N3O5. The Balaban J connectivity index is 1.08. The predicted molar refractivity (Wildman–Crippen MR) is 186 cm³/mol. The third-order valence-electron chi connectivity index (χ3n) is 11.7. The van der Waals surface area contributed by atoms with Gasteiger partial charge in [0, 0.05) is 35.3 Å². The third-order valence-corrected chi connectivity index (χ3v) is 11.7. The minimum Gasteiger partial charge on any atom is -0.392 e. The number of anilines is 1. The Hall–Kier alpha value is -3.27. The molecule has 4 aliphatic carbocycles. The Bertz CT molecular complexity index is 1510. The molecule has 5 aliphatic rings. The minimum atomic E-state index is -0.663. The standard InChI is InChI=1S/C40H51N3O5/c1-25-35(23-43(3)26(2)36(45)31-8-5-4-6-9-31)47-38(48-37(25)32-14-12-27(24-44)13-15-32)33-10-7-11-34(19-33)41-39(46)42-40-20-28-16-29(21-40)18-30(17-28)22-40/h4-15,19,25-26,28-30,35-38,44-45H,16-18,20-24H2,1-3H3,(H2,41,42,46)/t25-,26-,28?,29?,30?,35+,36-,37+,38+,40?/m0/s1. The number of carbonyl (C=O) groups is 1. The van der Waals surface area contributed by atoms with E-state index in [2.05, 4.69) is 22.5 Å². The summed E-state index contributed by atoms with van der Waals surface area (Å²) in [6.45, 7) is 4.75. The van der Waals surface area contributed by atoms with Gasteiger partial charge < -0.3 is 30.3 Å². The molecule has 0 aromatic heterocycles. The molecule has 5 fully saturated rings. The quantitative estimate of drug-likeness (QED) is 0.186. The summed E-state index contributed by atoms with van der Waals surface area (Å²) in [5, 5.41) is 27.3. The van der Waals surface area contributed by atoms with Crippen LogP contribution in [0.25, 0.3) is 0 Å². The van der Waals surface area contributed by atoms with Gasteiger partial charge in [0.2, 0.25) is 0 Å². The van der Waals surface area contributed by atoms with E-state index in [1.807, 2.05) is 92.8 Å². The first kappa shape index (κ1) is 33.2. The van der Waals surface area contributed by atoms with Crippen LogP contribution in [0.15, 0.2) is 78.9 Å². The number of hydrogen-bond acceptors (Lipinski definition) is 6. The molecule has 48 heavy (non-hydrogen) atoms. The van der Waals surface area contributed by atoms with Crippen LogP contribution in [0.3, 0.4) is 0 Å². The molecule has 4 N–H and O–H groups in total. The Morgan fingerprint density at radius 2 is 1.58 bits per heavy atom. The van der Waals surface area contributed by atoms with Gasteiger partial charge in [-0.05, 0) is 99.1 Å². The van der Waals surface area contributed by atoms with Crippen LogP contribution in [-0.4, -0.2) is 52.4 Å². The Labute approximate surface area is 284 Å². The van der Waals surface area contributed by atoms with Gasteiger partial charge in [-0.2, -0.15) is 0 Å². The molecule has 8 heteroatoms. The van der Waals surface area contributed by atoms with Gasteiger partial charge in [0.25, 0.3) is 0 Å². The molecule has 2 amide bonds. The summed E-state index contributed by atoms with van der Waals surface area (Å²) in [6, 6.07) is 25.2. The second-order valence-electron chi connectivity index (χ2n) is 15.3. The van der Waals surface area contributed by atoms with Gasteiger partial charge in [0.15, 0.2) is 6.29 Å². The van der Waals surface area contributed by atoms with Gasteiger partial charge in [-0.1, -0.05) is 73.7 Å². The molecular weight excluding hydrogens is 602 g/mol. The van der Waals surface area contributed by atoms with Crippen LogP contribution in [0.5, 0.6) is 0 Å². The Morgan fingerprint density at radius 1 is 0.917 bits per heavy atom. The van der Waals surface area contributed by atoms with Gasteiger partial charge in [-0.3, -0.25) is 4.90 Å². The number of aliphatic hydroxyl groups is 2. The molecule has 1 heterocycles. The first-order valence-electron chi connectivity index (χ1n) is 17.8. The monoisotopic (exact) mass is 653 g/mol. The molecule has 8 nitrogen and oxygen atoms in total. The van der Waals surface area contributed by atoms with Crippen LogP contribution < -0.4 is 10.6 Å². The highest BCUT2D eigenvalue weighted by atomic mass is 16.7. The first-order chi connectivity index (χ1) is 23.2. The van der Waals surface area contributed by atoms with Crippen molar-refractivity contribution in [2.24, 2.45) is 23.7 Å². The number of carbonyl (C=O) groups excluding carboxylic acids is 1. The number of amides is 2. The lowest BCUT2D eigenvalue weighted by molar-refractivity contribution is -0.276. The Kier molecular flexibility index (Phi) is 9.64. The number of urea groups is 1. The van der Waals surface area contributed by atoms with Crippen LogP contribution >= 0.6 is 0 Å². The number of ether oxygens (including phenoxy) is 2. The predicted octanol–water partition coefficient (Wildman–Crippen LogP) is 7.11. The fraction of sp³-hybridized carbons (Fsp3) is 0.525. The third kappa shape index (κ3) is 7.05. The van der Waals surface area contributed by atoms with Gasteiger partial charge in [0.1, 0.15) is 0 Å². The van der Waals surface area contributed by atoms with E-state index in [1.54, 1.807) is 0 Å². The maximum absolute atomic E-state index is 13.4. The number of aliphatic hydroxyl groups excluding tert-OH is 2. The lowest BCUT2D eigenvalue weighted by Crippen LogP contribution is -2.60. The van der Waals surface area contributed by atoms with Crippen LogP contribution in [0.2, 0.25) is 0 Å². The van der Waals surface area contributed by atoms with E-state index in [0.717, 1.165) is 59.3 Å². The van der Waals surface area contributed by atoms with E-state index in [9.17, 15) is 15.0 Å². The van der Waals surface area contributed by atoms with Gasteiger partial charge in [-0.25, -0.2) is 4.79 Å². The molecule has 1 aliphatic heterocycles. The van der Waals surface area contributed by atoms with Crippen molar-refractivity contribution in [1.29, 1.82) is 0 Å². The van der Waals surface area contributed by atoms with Crippen LogP contribution in [0.4, 0.5) is 10.5 Å². The van der Waals surface area contributed by atoms with Crippen molar-refractivity contribution in [3.8, 4) is 0 Å². The zero-order valence-corrected chi connectivity index (χ0v) is 28.4. The highest BCUT2D eigenvalue weighted by Crippen LogP contribution is 2.55. The van der Waals surface area contributed by atoms with E-state index in [4.69, 9.17) is 9.47 Å². The van der Waals surface area contributed by atoms with E-state index in [1.165, 1.54) is 19.3 Å². The van der Waals surface area contributed by atoms with E-state index < -0.39 is 12.4 Å². The molecule has 4 saturated carbocycles. The summed E-state index contributed by atoms with van der Waals surface area (Å²) in [4.78, 5) is 15.5. The number of hydrogen-bond donors (Lipinski definition) is 4. The molecule has 4 bridgehead atoms. The second-order valence-corrected chi connectivity index (χ2v) is 15.3. The maximum atomic E-state index is 13.4. The fourth-order valence-corrected chi connectivity index (χ4v) is 9.38. The van der Waals surface area contributed by atoms with Gasteiger partial charge >= 0.3 is 6.03 Å². The van der Waals surface area contributed by atoms with Crippen molar-refractivity contribution in [2.75, 3.05) is 18.9 Å². The zero-order chi connectivity index (χ0) is 33.4. The topological polar surface area (TPSA) is 103 Å². The summed E-state index contributed by atoms with van der Waals surface area (Å²) in [5.41, 5.74) is 4.22. The van der Waals surface area contributed by atoms with Gasteiger partial charge in [0.05, 0.1) is 24.9 Å². The van der Waals surface area contributed by atoms with Crippen molar-refractivity contribution >= 4 is 11.7 Å². The van der Waals surface area contributed by atoms with Crippen molar-refractivity contribution in [3.63, 3.8) is 0 Å². The molecule has 0 unspecified atom stereocenters. The highest BCUT2D eigenvalue weighted by molar-refractivity contribution is 5.90. The molecule has 0 radical (unpaired) electrons. The van der Waals surface area contributed by atoms with Crippen molar-refractivity contribution in [2.45, 2.75) is 95.2 Å². The van der Waals surface area contributed by atoms with Crippen LogP contribution in [-0.2, 0) is 16.1 Å². The molecule has 3 aromatic carbocycles. The van der Waals surface area contributed by atoms with Crippen LogP contribution in [0.1, 0.15) is 93.1 Å². The van der Waals surface area contributed by atoms with Crippen molar-refractivity contribution < 1.29 is 24.5 Å². The summed E-state index contributed by atoms with van der Waals surface area (Å²) < 4.78 is 13.4. The number of nitrogens with one attached hydrogen (secondary N) is 2.